The quantitative estimate of drug-likeness (QED) is 0.490. The number of hydrogen-bond acceptors (Lipinski definition) is 1. The van der Waals surface area contributed by atoms with Gasteiger partial charge in [-0.2, -0.15) is 0 Å². The van der Waals surface area contributed by atoms with Gasteiger partial charge in [0.2, 0.25) is 0 Å². The van der Waals surface area contributed by atoms with Crippen LogP contribution in [0.1, 0.15) is 13.3 Å². The van der Waals surface area contributed by atoms with Crippen LogP contribution in [0, 0.1) is 0 Å². The molecule has 0 aliphatic heterocycles. The summed E-state index contributed by atoms with van der Waals surface area (Å²) < 4.78 is 5.81. The molecule has 0 aromatic rings. The Morgan fingerprint density at radius 2 is 2.08 bits per heavy atom. The third-order valence-corrected chi connectivity index (χ3v) is 5.52. The Balaban J connectivity index is 2.36. The number of hydrogen-bond donors (Lipinski definition) is 0. The fourth-order valence-corrected chi connectivity index (χ4v) is 4.55. The molecule has 0 aromatic heterocycles. The summed E-state index contributed by atoms with van der Waals surface area (Å²) in [4.78, 5) is 0. The maximum Gasteiger partial charge on any atom is 0.187 e. The van der Waals surface area contributed by atoms with E-state index < -0.39 is 9.04 Å². The van der Waals surface area contributed by atoms with Crippen molar-refractivity contribution in [2.45, 2.75) is 24.9 Å². The van der Waals surface area contributed by atoms with E-state index in [1.54, 1.807) is 0 Å². The average Bonchev–Trinajstić information content (AvgIpc) is 2.65. The van der Waals surface area contributed by atoms with E-state index in [0.29, 0.717) is 5.54 Å². The molecule has 1 rings (SSSR count). The predicted molar refractivity (Wildman–Crippen MR) is 60.9 cm³/mol. The zero-order chi connectivity index (χ0) is 9.52. The maximum atomic E-state index is 5.81. The number of allylic oxidation sites excluding steroid dienone is 4. The van der Waals surface area contributed by atoms with Crippen molar-refractivity contribution >= 4 is 20.6 Å². The van der Waals surface area contributed by atoms with Crippen molar-refractivity contribution < 1.29 is 4.43 Å². The van der Waals surface area contributed by atoms with Crippen molar-refractivity contribution in [3.8, 4) is 0 Å². The van der Waals surface area contributed by atoms with Crippen molar-refractivity contribution in [1.82, 2.24) is 0 Å². The predicted octanol–water partition coefficient (Wildman–Crippen LogP) is 2.87. The molecule has 1 unspecified atom stereocenters. The Morgan fingerprint density at radius 3 is 2.62 bits per heavy atom. The van der Waals surface area contributed by atoms with Crippen LogP contribution >= 0.6 is 11.6 Å². The minimum atomic E-state index is -1.06. The standard InChI is InChI=1S/C10H17ClOSi/c1-2-12-13(9-5-8-11)10-6-3-4-7-10/h3-4,6-7,10,13H,2,5,8-9H2,1H3. The van der Waals surface area contributed by atoms with Crippen LogP contribution in [-0.2, 0) is 4.43 Å². The van der Waals surface area contributed by atoms with Crippen LogP contribution < -0.4 is 0 Å². The fourth-order valence-electron chi connectivity index (χ4n) is 1.58. The molecule has 0 saturated heterocycles. The smallest absolute Gasteiger partial charge is 0.187 e. The number of rotatable bonds is 6. The molecular formula is C10H17ClOSi. The normalized spacial score (nSPS) is 18.3. The molecule has 0 amide bonds. The molecule has 0 saturated carbocycles. The minimum Gasteiger partial charge on any atom is -0.419 e. The molecule has 0 fully saturated rings. The summed E-state index contributed by atoms with van der Waals surface area (Å²) in [5.74, 6) is 0.761. The van der Waals surface area contributed by atoms with Crippen LogP contribution in [0.4, 0.5) is 0 Å². The molecule has 0 heterocycles. The second-order valence-electron chi connectivity index (χ2n) is 3.17. The van der Waals surface area contributed by atoms with Gasteiger partial charge in [0.15, 0.2) is 9.04 Å². The van der Waals surface area contributed by atoms with Crippen molar-refractivity contribution in [2.75, 3.05) is 12.5 Å². The fraction of sp³-hybridized carbons (Fsp3) is 0.600. The first-order valence-electron chi connectivity index (χ1n) is 4.91. The van der Waals surface area contributed by atoms with Gasteiger partial charge in [-0.1, -0.05) is 24.3 Å². The third kappa shape index (κ3) is 3.67. The van der Waals surface area contributed by atoms with E-state index in [4.69, 9.17) is 16.0 Å². The van der Waals surface area contributed by atoms with Crippen molar-refractivity contribution in [3.05, 3.63) is 24.3 Å². The molecular weight excluding hydrogens is 200 g/mol. The van der Waals surface area contributed by atoms with E-state index in [1.165, 1.54) is 6.04 Å². The first-order valence-corrected chi connectivity index (χ1v) is 7.40. The van der Waals surface area contributed by atoms with Crippen LogP contribution in [0.5, 0.6) is 0 Å². The van der Waals surface area contributed by atoms with Crippen molar-refractivity contribution in [2.24, 2.45) is 0 Å². The summed E-state index contributed by atoms with van der Waals surface area (Å²) in [6, 6.07) is 1.19. The van der Waals surface area contributed by atoms with Gasteiger partial charge in [0.25, 0.3) is 0 Å². The van der Waals surface area contributed by atoms with Crippen LogP contribution in [0.2, 0.25) is 11.6 Å². The van der Waals surface area contributed by atoms with Crippen LogP contribution in [0.15, 0.2) is 24.3 Å². The first kappa shape index (κ1) is 11.0. The van der Waals surface area contributed by atoms with Gasteiger partial charge in [0, 0.05) is 18.0 Å². The van der Waals surface area contributed by atoms with Crippen molar-refractivity contribution in [1.29, 1.82) is 0 Å². The maximum absolute atomic E-state index is 5.81. The summed E-state index contributed by atoms with van der Waals surface area (Å²) in [6.07, 6.45) is 9.83. The van der Waals surface area contributed by atoms with Crippen LogP contribution in [0.3, 0.4) is 0 Å². The molecule has 0 aromatic carbocycles. The first-order chi connectivity index (χ1) is 6.38. The SMILES string of the molecule is CCO[SiH](CCCCl)C1C=CC=C1. The molecule has 1 nitrogen and oxygen atoms in total. The van der Waals surface area contributed by atoms with Gasteiger partial charge in [-0.3, -0.25) is 0 Å². The van der Waals surface area contributed by atoms with E-state index >= 15 is 0 Å². The highest BCUT2D eigenvalue weighted by atomic mass is 35.5. The van der Waals surface area contributed by atoms with Gasteiger partial charge in [-0.15, -0.1) is 11.6 Å². The van der Waals surface area contributed by atoms with E-state index in [1.807, 2.05) is 0 Å². The Kier molecular flexibility index (Phi) is 5.43. The topological polar surface area (TPSA) is 9.23 Å². The molecule has 0 bridgehead atoms. The van der Waals surface area contributed by atoms with E-state index in [-0.39, 0.29) is 0 Å². The van der Waals surface area contributed by atoms with Gasteiger partial charge in [0.05, 0.1) is 0 Å². The number of alkyl halides is 1. The molecule has 0 N–H and O–H groups in total. The highest BCUT2D eigenvalue weighted by Crippen LogP contribution is 2.23. The van der Waals surface area contributed by atoms with Gasteiger partial charge in [-0.05, 0) is 19.4 Å². The molecule has 0 spiro atoms. The molecule has 1 aliphatic carbocycles. The Bertz CT molecular complexity index is 179. The van der Waals surface area contributed by atoms with Gasteiger partial charge < -0.3 is 4.43 Å². The zero-order valence-electron chi connectivity index (χ0n) is 8.08. The van der Waals surface area contributed by atoms with E-state index in [0.717, 1.165) is 18.9 Å². The van der Waals surface area contributed by atoms with E-state index in [2.05, 4.69) is 31.2 Å². The summed E-state index contributed by atoms with van der Waals surface area (Å²) in [5, 5.41) is 0. The summed E-state index contributed by atoms with van der Waals surface area (Å²) in [5.41, 5.74) is 0.600. The highest BCUT2D eigenvalue weighted by molar-refractivity contribution is 6.55. The molecule has 0 radical (unpaired) electrons. The highest BCUT2D eigenvalue weighted by Gasteiger charge is 2.20. The van der Waals surface area contributed by atoms with Crippen LogP contribution in [-0.4, -0.2) is 21.5 Å². The molecule has 13 heavy (non-hydrogen) atoms. The molecule has 1 aliphatic rings. The monoisotopic (exact) mass is 216 g/mol. The Hall–Kier alpha value is -0.0531. The zero-order valence-corrected chi connectivity index (χ0v) is 9.99. The van der Waals surface area contributed by atoms with Gasteiger partial charge in [-0.25, -0.2) is 0 Å². The van der Waals surface area contributed by atoms with Gasteiger partial charge in [0.1, 0.15) is 0 Å². The number of halogens is 1. The minimum absolute atomic E-state index is 0.600. The molecule has 1 atom stereocenters. The summed E-state index contributed by atoms with van der Waals surface area (Å²) in [7, 11) is -1.06. The third-order valence-electron chi connectivity index (χ3n) is 2.21. The average molecular weight is 217 g/mol. The Labute approximate surface area is 87.2 Å². The molecule has 3 heteroatoms. The largest absolute Gasteiger partial charge is 0.419 e. The molecule has 74 valence electrons. The lowest BCUT2D eigenvalue weighted by atomic mass is 10.5. The lowest BCUT2D eigenvalue weighted by Gasteiger charge is -2.18. The lowest BCUT2D eigenvalue weighted by Crippen LogP contribution is -2.22. The second kappa shape index (κ2) is 6.41. The summed E-state index contributed by atoms with van der Waals surface area (Å²) >= 11 is 5.68. The van der Waals surface area contributed by atoms with E-state index in [9.17, 15) is 0 Å². The van der Waals surface area contributed by atoms with Gasteiger partial charge >= 0.3 is 0 Å². The van der Waals surface area contributed by atoms with Crippen molar-refractivity contribution in [3.63, 3.8) is 0 Å². The lowest BCUT2D eigenvalue weighted by molar-refractivity contribution is 0.339. The Morgan fingerprint density at radius 1 is 1.38 bits per heavy atom. The van der Waals surface area contributed by atoms with Crippen LogP contribution in [0.25, 0.3) is 0 Å². The second-order valence-corrected chi connectivity index (χ2v) is 6.31. The summed E-state index contributed by atoms with van der Waals surface area (Å²) in [6.45, 7) is 2.92.